The molecule has 3 rings (SSSR count). The molecule has 1 aromatic rings. The Kier molecular flexibility index (Phi) is 7.23. The highest BCUT2D eigenvalue weighted by Crippen LogP contribution is 2.19. The summed E-state index contributed by atoms with van der Waals surface area (Å²) in [6, 6.07) is 9.53. The summed E-state index contributed by atoms with van der Waals surface area (Å²) in [6.45, 7) is 0.711. The van der Waals surface area contributed by atoms with Crippen LogP contribution in [-0.4, -0.2) is 48.1 Å². The first-order valence-corrected chi connectivity index (χ1v) is 8.60. The van der Waals surface area contributed by atoms with Gasteiger partial charge in [0.25, 0.3) is 0 Å². The second kappa shape index (κ2) is 9.17. The lowest BCUT2D eigenvalue weighted by molar-refractivity contribution is -0.156. The predicted molar refractivity (Wildman–Crippen MR) is 97.2 cm³/mol. The summed E-state index contributed by atoms with van der Waals surface area (Å²) in [5.41, 5.74) is 6.92. The monoisotopic (exact) mass is 367 g/mol. The van der Waals surface area contributed by atoms with Crippen LogP contribution in [-0.2, 0) is 20.9 Å². The molecule has 6 nitrogen and oxygen atoms in total. The maximum absolute atomic E-state index is 12.7. The molecule has 0 spiro atoms. The van der Waals surface area contributed by atoms with Crippen LogP contribution in [0.3, 0.4) is 0 Å². The van der Waals surface area contributed by atoms with E-state index in [4.69, 9.17) is 10.5 Å². The van der Waals surface area contributed by atoms with Gasteiger partial charge < -0.3 is 20.7 Å². The number of benzene rings is 1. The lowest BCUT2D eigenvalue weighted by Crippen LogP contribution is -2.57. The molecule has 2 amide bonds. The van der Waals surface area contributed by atoms with E-state index in [1.807, 2.05) is 30.3 Å². The molecule has 7 heteroatoms. The predicted octanol–water partition coefficient (Wildman–Crippen LogP) is 1.22. The van der Waals surface area contributed by atoms with Crippen LogP contribution in [0.15, 0.2) is 30.3 Å². The highest BCUT2D eigenvalue weighted by atomic mass is 35.5. The fourth-order valence-corrected chi connectivity index (χ4v) is 3.36. The van der Waals surface area contributed by atoms with Crippen molar-refractivity contribution >= 4 is 24.2 Å². The van der Waals surface area contributed by atoms with Crippen LogP contribution in [0.1, 0.15) is 31.2 Å². The molecule has 0 aromatic heterocycles. The van der Waals surface area contributed by atoms with Gasteiger partial charge in [0.05, 0.1) is 6.61 Å². The van der Waals surface area contributed by atoms with Crippen LogP contribution >= 0.6 is 12.4 Å². The fourth-order valence-electron chi connectivity index (χ4n) is 3.36. The molecule has 2 fully saturated rings. The summed E-state index contributed by atoms with van der Waals surface area (Å²) in [5, 5.41) is 3.08. The number of carbonyl (C=O) groups excluding carboxylic acids is 2. The number of rotatable bonds is 4. The van der Waals surface area contributed by atoms with Gasteiger partial charge in [-0.15, -0.1) is 12.4 Å². The minimum atomic E-state index is -0.568. The van der Waals surface area contributed by atoms with Gasteiger partial charge in [-0.2, -0.15) is 0 Å². The average Bonchev–Trinajstić information content (AvgIpc) is 2.59. The van der Waals surface area contributed by atoms with Crippen molar-refractivity contribution in [2.75, 3.05) is 13.2 Å². The summed E-state index contributed by atoms with van der Waals surface area (Å²) < 4.78 is 5.32. The highest BCUT2D eigenvalue weighted by molar-refractivity contribution is 5.89. The van der Waals surface area contributed by atoms with E-state index < -0.39 is 6.04 Å². The number of amides is 2. The van der Waals surface area contributed by atoms with E-state index in [2.05, 4.69) is 5.32 Å². The van der Waals surface area contributed by atoms with E-state index in [9.17, 15) is 9.59 Å². The summed E-state index contributed by atoms with van der Waals surface area (Å²) in [6.07, 6.45) is 3.65. The molecular formula is C18H26ClN3O3. The Bertz CT molecular complexity index is 576. The van der Waals surface area contributed by atoms with Crippen molar-refractivity contribution in [3.63, 3.8) is 0 Å². The zero-order valence-corrected chi connectivity index (χ0v) is 15.0. The van der Waals surface area contributed by atoms with Crippen LogP contribution in [0.25, 0.3) is 0 Å². The smallest absolute Gasteiger partial charge is 0.249 e. The average molecular weight is 368 g/mol. The molecule has 1 saturated carbocycles. The van der Waals surface area contributed by atoms with Crippen molar-refractivity contribution in [3.05, 3.63) is 35.9 Å². The number of nitrogens with one attached hydrogen (secondary N) is 1. The second-order valence-electron chi connectivity index (χ2n) is 6.66. The van der Waals surface area contributed by atoms with Crippen LogP contribution < -0.4 is 11.1 Å². The van der Waals surface area contributed by atoms with Crippen molar-refractivity contribution in [2.45, 2.75) is 50.4 Å². The largest absolute Gasteiger partial charge is 0.369 e. The summed E-state index contributed by atoms with van der Waals surface area (Å²) >= 11 is 0. The zero-order chi connectivity index (χ0) is 16.9. The third kappa shape index (κ3) is 5.17. The third-order valence-corrected chi connectivity index (χ3v) is 4.81. The van der Waals surface area contributed by atoms with E-state index >= 15 is 0 Å². The van der Waals surface area contributed by atoms with Crippen LogP contribution in [0.2, 0.25) is 0 Å². The van der Waals surface area contributed by atoms with E-state index in [1.54, 1.807) is 4.90 Å². The molecule has 25 heavy (non-hydrogen) atoms. The topological polar surface area (TPSA) is 84.7 Å². The molecule has 1 atom stereocenters. The van der Waals surface area contributed by atoms with Crippen LogP contribution in [0.4, 0.5) is 0 Å². The first-order chi connectivity index (χ1) is 11.6. The number of nitrogens with two attached hydrogens (primary N) is 1. The van der Waals surface area contributed by atoms with Crippen molar-refractivity contribution in [2.24, 2.45) is 5.73 Å². The van der Waals surface area contributed by atoms with Crippen molar-refractivity contribution in [1.29, 1.82) is 0 Å². The second-order valence-corrected chi connectivity index (χ2v) is 6.66. The number of carbonyl (C=O) groups is 2. The molecular weight excluding hydrogens is 342 g/mol. The summed E-state index contributed by atoms with van der Waals surface area (Å²) in [5.74, 6) is -0.268. The Morgan fingerprint density at radius 1 is 1.20 bits per heavy atom. The van der Waals surface area contributed by atoms with Gasteiger partial charge in [0.2, 0.25) is 11.8 Å². The summed E-state index contributed by atoms with van der Waals surface area (Å²) in [7, 11) is 0. The van der Waals surface area contributed by atoms with E-state index in [0.29, 0.717) is 6.54 Å². The molecule has 138 valence electrons. The Morgan fingerprint density at radius 2 is 1.88 bits per heavy atom. The van der Waals surface area contributed by atoms with Crippen LogP contribution in [0, 0.1) is 0 Å². The van der Waals surface area contributed by atoms with Gasteiger partial charge in [-0.3, -0.25) is 9.59 Å². The minimum Gasteiger partial charge on any atom is -0.369 e. The molecule has 1 aliphatic heterocycles. The molecule has 0 radical (unpaired) electrons. The maximum atomic E-state index is 12.7. The first-order valence-electron chi connectivity index (χ1n) is 8.60. The van der Waals surface area contributed by atoms with Gasteiger partial charge in [0.1, 0.15) is 12.6 Å². The number of halogens is 1. The lowest BCUT2D eigenvalue weighted by Gasteiger charge is -2.36. The van der Waals surface area contributed by atoms with Crippen molar-refractivity contribution in [3.8, 4) is 0 Å². The molecule has 0 unspecified atom stereocenters. The van der Waals surface area contributed by atoms with Gasteiger partial charge in [0, 0.05) is 18.6 Å². The van der Waals surface area contributed by atoms with Gasteiger partial charge in [-0.05, 0) is 31.2 Å². The standard InChI is InChI=1S/C18H25N3O3.ClH/c19-14-6-8-15(9-7-14)20-18(23)16-11-24-12-17(22)21(16)10-13-4-2-1-3-5-13;/h1-5,14-16H,6-12,19H2,(H,20,23);1H/t14?,15?,16-;/m1./s1. The highest BCUT2D eigenvalue weighted by Gasteiger charge is 2.35. The molecule has 1 saturated heterocycles. The van der Waals surface area contributed by atoms with E-state index in [0.717, 1.165) is 31.2 Å². The minimum absolute atomic E-state index is 0. The molecule has 0 bridgehead atoms. The number of morpholine rings is 1. The fraction of sp³-hybridized carbons (Fsp3) is 0.556. The SMILES string of the molecule is Cl.NC1CCC(NC(=O)[C@H]2COCC(=O)N2Cc2ccccc2)CC1. The van der Waals surface area contributed by atoms with E-state index in [1.165, 1.54) is 0 Å². The number of ether oxygens (including phenoxy) is 1. The maximum Gasteiger partial charge on any atom is 0.249 e. The third-order valence-electron chi connectivity index (χ3n) is 4.81. The van der Waals surface area contributed by atoms with Gasteiger partial charge in [-0.1, -0.05) is 30.3 Å². The quantitative estimate of drug-likeness (QED) is 0.838. The van der Waals surface area contributed by atoms with Crippen molar-refractivity contribution < 1.29 is 14.3 Å². The molecule has 1 heterocycles. The lowest BCUT2D eigenvalue weighted by atomic mass is 9.91. The van der Waals surface area contributed by atoms with Gasteiger partial charge >= 0.3 is 0 Å². The Morgan fingerprint density at radius 3 is 2.56 bits per heavy atom. The molecule has 3 N–H and O–H groups in total. The summed E-state index contributed by atoms with van der Waals surface area (Å²) in [4.78, 5) is 26.6. The van der Waals surface area contributed by atoms with Crippen LogP contribution in [0.5, 0.6) is 0 Å². The number of hydrogen-bond donors (Lipinski definition) is 2. The number of hydrogen-bond acceptors (Lipinski definition) is 4. The van der Waals surface area contributed by atoms with E-state index in [-0.39, 0.29) is 49.5 Å². The molecule has 1 aliphatic carbocycles. The van der Waals surface area contributed by atoms with Gasteiger partial charge in [0.15, 0.2) is 0 Å². The Labute approximate surface area is 154 Å². The van der Waals surface area contributed by atoms with Gasteiger partial charge in [-0.25, -0.2) is 0 Å². The Hall–Kier alpha value is -1.63. The van der Waals surface area contributed by atoms with Crippen molar-refractivity contribution in [1.82, 2.24) is 10.2 Å². The Balaban J connectivity index is 0.00000225. The zero-order valence-electron chi connectivity index (χ0n) is 14.2. The molecule has 1 aromatic carbocycles. The molecule has 2 aliphatic rings. The first kappa shape index (κ1) is 19.7. The number of nitrogens with zero attached hydrogens (tertiary/aromatic N) is 1. The normalized spacial score (nSPS) is 26.7.